The van der Waals surface area contributed by atoms with Crippen molar-refractivity contribution in [3.8, 4) is 5.75 Å². The fourth-order valence-corrected chi connectivity index (χ4v) is 2.04. The van der Waals surface area contributed by atoms with Gasteiger partial charge in [0, 0.05) is 5.39 Å². The first-order valence-corrected chi connectivity index (χ1v) is 7.55. The van der Waals surface area contributed by atoms with E-state index in [-0.39, 0.29) is 5.75 Å². The van der Waals surface area contributed by atoms with Crippen LogP contribution in [0.4, 0.5) is 0 Å². The lowest BCUT2D eigenvalue weighted by atomic mass is 9.96. The fraction of sp³-hybridized carbons (Fsp3) is 0.316. The Bertz CT molecular complexity index is 643. The van der Waals surface area contributed by atoms with Crippen LogP contribution in [0.15, 0.2) is 30.8 Å². The number of phenols is 1. The molecule has 0 aliphatic rings. The molecule has 2 rings (SSSR count). The number of phenolic OH excluding ortho intramolecular Hbond substituents is 1. The molecule has 3 heteroatoms. The van der Waals surface area contributed by atoms with Crippen LogP contribution >= 0.6 is 0 Å². The number of carbonyl (C=O) groups is 1. The van der Waals surface area contributed by atoms with E-state index in [0.29, 0.717) is 16.5 Å². The summed E-state index contributed by atoms with van der Waals surface area (Å²) < 4.78 is 4.72. The first-order valence-electron chi connectivity index (χ1n) is 7.55. The SMILES string of the molecule is C=Cc1c(C(=O)OC)cc(O)c2ccc(C)cc12.CC.CC. The second-order valence-corrected chi connectivity index (χ2v) is 4.10. The number of fused-ring (bicyclic) bond motifs is 1. The number of hydrogen-bond acceptors (Lipinski definition) is 3. The van der Waals surface area contributed by atoms with Gasteiger partial charge in [0.25, 0.3) is 0 Å². The zero-order chi connectivity index (χ0) is 17.3. The van der Waals surface area contributed by atoms with Crippen LogP contribution < -0.4 is 0 Å². The zero-order valence-corrected chi connectivity index (χ0v) is 14.4. The Labute approximate surface area is 133 Å². The smallest absolute Gasteiger partial charge is 0.338 e. The van der Waals surface area contributed by atoms with Crippen LogP contribution in [0, 0.1) is 6.92 Å². The highest BCUT2D eigenvalue weighted by molar-refractivity contribution is 6.05. The van der Waals surface area contributed by atoms with E-state index in [0.717, 1.165) is 10.9 Å². The number of aromatic hydroxyl groups is 1. The van der Waals surface area contributed by atoms with Crippen LogP contribution in [0.3, 0.4) is 0 Å². The van der Waals surface area contributed by atoms with Gasteiger partial charge in [-0.15, -0.1) is 0 Å². The lowest BCUT2D eigenvalue weighted by Crippen LogP contribution is -2.04. The lowest BCUT2D eigenvalue weighted by molar-refractivity contribution is 0.0600. The first kappa shape index (κ1) is 19.7. The molecule has 3 nitrogen and oxygen atoms in total. The molecule has 1 N–H and O–H groups in total. The predicted molar refractivity (Wildman–Crippen MR) is 94.5 cm³/mol. The highest BCUT2D eigenvalue weighted by atomic mass is 16.5. The van der Waals surface area contributed by atoms with Crippen LogP contribution in [-0.2, 0) is 4.74 Å². The number of aryl methyl sites for hydroxylation is 1. The van der Waals surface area contributed by atoms with Crippen molar-refractivity contribution in [2.24, 2.45) is 0 Å². The van der Waals surface area contributed by atoms with Gasteiger partial charge in [0.05, 0.1) is 12.7 Å². The summed E-state index contributed by atoms with van der Waals surface area (Å²) in [5.74, 6) is -0.417. The summed E-state index contributed by atoms with van der Waals surface area (Å²) in [6, 6.07) is 7.07. The zero-order valence-electron chi connectivity index (χ0n) is 14.4. The molecule has 2 aromatic rings. The fourth-order valence-electron chi connectivity index (χ4n) is 2.04. The monoisotopic (exact) mass is 302 g/mol. The highest BCUT2D eigenvalue weighted by Gasteiger charge is 2.15. The van der Waals surface area contributed by atoms with E-state index in [1.54, 1.807) is 6.08 Å². The molecule has 0 heterocycles. The van der Waals surface area contributed by atoms with E-state index in [9.17, 15) is 9.90 Å². The Morgan fingerprint density at radius 3 is 2.23 bits per heavy atom. The second kappa shape index (κ2) is 9.61. The van der Waals surface area contributed by atoms with Gasteiger partial charge in [-0.2, -0.15) is 0 Å². The Morgan fingerprint density at radius 1 is 1.14 bits per heavy atom. The molecule has 0 aliphatic carbocycles. The molecular weight excluding hydrogens is 276 g/mol. The van der Waals surface area contributed by atoms with Crippen molar-refractivity contribution in [3.05, 3.63) is 47.5 Å². The minimum atomic E-state index is -0.483. The maximum Gasteiger partial charge on any atom is 0.338 e. The lowest BCUT2D eigenvalue weighted by Gasteiger charge is -2.11. The van der Waals surface area contributed by atoms with Gasteiger partial charge in [0.2, 0.25) is 0 Å². The van der Waals surface area contributed by atoms with Gasteiger partial charge in [-0.25, -0.2) is 4.79 Å². The van der Waals surface area contributed by atoms with E-state index in [2.05, 4.69) is 6.58 Å². The predicted octanol–water partition coefficient (Wildman–Crippen LogP) is 5.34. The second-order valence-electron chi connectivity index (χ2n) is 4.10. The van der Waals surface area contributed by atoms with Crippen molar-refractivity contribution in [2.75, 3.05) is 7.11 Å². The van der Waals surface area contributed by atoms with Crippen molar-refractivity contribution in [1.82, 2.24) is 0 Å². The van der Waals surface area contributed by atoms with E-state index in [4.69, 9.17) is 4.74 Å². The molecule has 120 valence electrons. The molecule has 0 radical (unpaired) electrons. The molecule has 0 atom stereocenters. The summed E-state index contributed by atoms with van der Waals surface area (Å²) in [6.45, 7) is 13.7. The number of carbonyl (C=O) groups excluding carboxylic acids is 1. The normalized spacial score (nSPS) is 9.00. The summed E-state index contributed by atoms with van der Waals surface area (Å²) in [5.41, 5.74) is 2.05. The number of esters is 1. The average molecular weight is 302 g/mol. The van der Waals surface area contributed by atoms with Crippen molar-refractivity contribution < 1.29 is 14.6 Å². The van der Waals surface area contributed by atoms with Crippen LogP contribution in [0.1, 0.15) is 49.2 Å². The van der Waals surface area contributed by atoms with Crippen LogP contribution in [0.25, 0.3) is 16.8 Å². The number of methoxy groups -OCH3 is 1. The summed E-state index contributed by atoms with van der Waals surface area (Å²) in [5, 5.41) is 11.5. The number of benzene rings is 2. The Morgan fingerprint density at radius 2 is 1.73 bits per heavy atom. The summed E-state index contributed by atoms with van der Waals surface area (Å²) in [4.78, 5) is 11.7. The third-order valence-corrected chi connectivity index (χ3v) is 2.92. The Balaban J connectivity index is 0.00000102. The van der Waals surface area contributed by atoms with E-state index >= 15 is 0 Å². The van der Waals surface area contributed by atoms with E-state index in [1.807, 2.05) is 52.8 Å². The maximum atomic E-state index is 11.7. The van der Waals surface area contributed by atoms with Gasteiger partial charge in [-0.05, 0) is 23.9 Å². The minimum absolute atomic E-state index is 0.0657. The van der Waals surface area contributed by atoms with Gasteiger partial charge < -0.3 is 9.84 Å². The molecule has 0 aromatic heterocycles. The van der Waals surface area contributed by atoms with Crippen LogP contribution in [0.2, 0.25) is 0 Å². The van der Waals surface area contributed by atoms with E-state index in [1.165, 1.54) is 13.2 Å². The minimum Gasteiger partial charge on any atom is -0.507 e. The van der Waals surface area contributed by atoms with Crippen molar-refractivity contribution in [3.63, 3.8) is 0 Å². The molecule has 0 bridgehead atoms. The molecular formula is C19H26O3. The molecule has 0 aliphatic heterocycles. The van der Waals surface area contributed by atoms with Crippen molar-refractivity contribution >= 4 is 22.8 Å². The first-order chi connectivity index (χ1) is 10.6. The maximum absolute atomic E-state index is 11.7. The molecule has 0 unspecified atom stereocenters. The summed E-state index contributed by atoms with van der Waals surface area (Å²) >= 11 is 0. The standard InChI is InChI=1S/C15H14O3.2C2H6/c1-4-10-12-7-9(2)5-6-11(12)14(16)8-13(10)15(17)18-3;2*1-2/h4-8,16H,1H2,2-3H3;2*1-2H3. The van der Waals surface area contributed by atoms with Crippen molar-refractivity contribution in [2.45, 2.75) is 34.6 Å². The summed E-state index contributed by atoms with van der Waals surface area (Å²) in [6.07, 6.45) is 1.60. The summed E-state index contributed by atoms with van der Waals surface area (Å²) in [7, 11) is 1.31. The van der Waals surface area contributed by atoms with Gasteiger partial charge >= 0.3 is 5.97 Å². The van der Waals surface area contributed by atoms with Crippen LogP contribution in [0.5, 0.6) is 5.75 Å². The molecule has 0 amide bonds. The number of ether oxygens (including phenoxy) is 1. The van der Waals surface area contributed by atoms with Crippen molar-refractivity contribution in [1.29, 1.82) is 0 Å². The van der Waals surface area contributed by atoms with E-state index < -0.39 is 5.97 Å². The average Bonchev–Trinajstić information content (AvgIpc) is 2.57. The quantitative estimate of drug-likeness (QED) is 0.762. The molecule has 0 spiro atoms. The Kier molecular flexibility index (Phi) is 8.61. The topological polar surface area (TPSA) is 46.5 Å². The number of hydrogen-bond donors (Lipinski definition) is 1. The largest absolute Gasteiger partial charge is 0.507 e. The number of rotatable bonds is 2. The van der Waals surface area contributed by atoms with Gasteiger partial charge in [-0.3, -0.25) is 0 Å². The molecule has 0 saturated heterocycles. The Hall–Kier alpha value is -2.29. The van der Waals surface area contributed by atoms with Gasteiger partial charge in [0.15, 0.2) is 0 Å². The van der Waals surface area contributed by atoms with Crippen LogP contribution in [-0.4, -0.2) is 18.2 Å². The third-order valence-electron chi connectivity index (χ3n) is 2.92. The molecule has 0 saturated carbocycles. The van der Waals surface area contributed by atoms with Gasteiger partial charge in [-0.1, -0.05) is 64.1 Å². The third kappa shape index (κ3) is 4.10. The molecule has 22 heavy (non-hydrogen) atoms. The molecule has 0 fully saturated rings. The molecule has 2 aromatic carbocycles. The van der Waals surface area contributed by atoms with Gasteiger partial charge in [0.1, 0.15) is 5.75 Å². The highest BCUT2D eigenvalue weighted by Crippen LogP contribution is 2.32.